The average molecular weight is 308 g/mol. The minimum atomic E-state index is -1.11. The van der Waals surface area contributed by atoms with E-state index in [0.717, 1.165) is 18.2 Å². The fraction of sp³-hybridized carbons (Fsp3) is 0.0667. The van der Waals surface area contributed by atoms with E-state index in [9.17, 15) is 13.6 Å². The maximum atomic E-state index is 13.0. The van der Waals surface area contributed by atoms with Crippen LogP contribution in [0.5, 0.6) is 5.75 Å². The molecule has 2 aromatic rings. The van der Waals surface area contributed by atoms with Crippen LogP contribution in [0.3, 0.4) is 0 Å². The van der Waals surface area contributed by atoms with Crippen LogP contribution in [0, 0.1) is 23.0 Å². The normalized spacial score (nSPS) is 10.0. The van der Waals surface area contributed by atoms with Gasteiger partial charge >= 0.3 is 0 Å². The molecule has 3 nitrogen and oxygen atoms in total. The van der Waals surface area contributed by atoms with Gasteiger partial charge < -0.3 is 4.74 Å². The predicted molar refractivity (Wildman–Crippen MR) is 72.4 cm³/mol. The number of nitriles is 1. The Morgan fingerprint density at radius 3 is 2.62 bits per heavy atom. The minimum Gasteiger partial charge on any atom is -0.484 e. The van der Waals surface area contributed by atoms with E-state index in [4.69, 9.17) is 21.6 Å². The lowest BCUT2D eigenvalue weighted by Gasteiger charge is -2.08. The molecule has 0 amide bonds. The van der Waals surface area contributed by atoms with Gasteiger partial charge in [-0.25, -0.2) is 8.78 Å². The summed E-state index contributed by atoms with van der Waals surface area (Å²) in [6.07, 6.45) is 0. The summed E-state index contributed by atoms with van der Waals surface area (Å²) in [5.41, 5.74) is 0.201. The molecule has 0 aliphatic heterocycles. The van der Waals surface area contributed by atoms with E-state index < -0.39 is 24.0 Å². The Morgan fingerprint density at radius 2 is 1.95 bits per heavy atom. The fourth-order valence-corrected chi connectivity index (χ4v) is 1.77. The summed E-state index contributed by atoms with van der Waals surface area (Å²) in [5, 5.41) is 9.26. The van der Waals surface area contributed by atoms with Gasteiger partial charge in [-0.2, -0.15) is 5.26 Å². The molecule has 0 aliphatic carbocycles. The van der Waals surface area contributed by atoms with Gasteiger partial charge in [-0.1, -0.05) is 11.6 Å². The largest absolute Gasteiger partial charge is 0.484 e. The summed E-state index contributed by atoms with van der Waals surface area (Å²) in [6.45, 7) is -0.417. The first kappa shape index (κ1) is 14.9. The van der Waals surface area contributed by atoms with Gasteiger partial charge in [0.1, 0.15) is 11.8 Å². The van der Waals surface area contributed by atoms with Crippen LogP contribution >= 0.6 is 11.6 Å². The molecule has 0 fully saturated rings. The van der Waals surface area contributed by atoms with Crippen LogP contribution in [0.4, 0.5) is 8.78 Å². The zero-order chi connectivity index (χ0) is 15.4. The van der Waals surface area contributed by atoms with Crippen molar-refractivity contribution in [3.63, 3.8) is 0 Å². The summed E-state index contributed by atoms with van der Waals surface area (Å²) >= 11 is 5.78. The van der Waals surface area contributed by atoms with E-state index in [2.05, 4.69) is 0 Å². The molecular formula is C15H8ClF2NO2. The number of hydrogen-bond acceptors (Lipinski definition) is 3. The number of rotatable bonds is 4. The molecule has 0 aromatic heterocycles. The van der Waals surface area contributed by atoms with Crippen molar-refractivity contribution in [3.8, 4) is 11.8 Å². The van der Waals surface area contributed by atoms with Crippen LogP contribution in [0.25, 0.3) is 0 Å². The molecule has 0 radical (unpaired) electrons. The van der Waals surface area contributed by atoms with Crippen molar-refractivity contribution in [1.82, 2.24) is 0 Å². The highest BCUT2D eigenvalue weighted by Gasteiger charge is 2.12. The van der Waals surface area contributed by atoms with Crippen molar-refractivity contribution in [2.75, 3.05) is 6.61 Å². The third-order valence-corrected chi connectivity index (χ3v) is 2.90. The number of halogens is 3. The first-order valence-electron chi connectivity index (χ1n) is 5.82. The highest BCUT2D eigenvalue weighted by atomic mass is 35.5. The molecule has 0 heterocycles. The summed E-state index contributed by atoms with van der Waals surface area (Å²) in [7, 11) is 0. The van der Waals surface area contributed by atoms with E-state index >= 15 is 0 Å². The molecule has 2 aromatic carbocycles. The van der Waals surface area contributed by atoms with Gasteiger partial charge in [0.2, 0.25) is 0 Å². The van der Waals surface area contributed by atoms with Crippen LogP contribution < -0.4 is 4.74 Å². The number of benzene rings is 2. The second-order valence-corrected chi connectivity index (χ2v) is 4.53. The second-order valence-electron chi connectivity index (χ2n) is 4.09. The Bertz CT molecular complexity index is 741. The number of carbonyl (C=O) groups is 1. The van der Waals surface area contributed by atoms with Gasteiger partial charge in [0.15, 0.2) is 24.0 Å². The number of Topliss-reactive ketones (excluding diaryl/α,β-unsaturated/α-hetero) is 1. The Balaban J connectivity index is 2.13. The van der Waals surface area contributed by atoms with Crippen LogP contribution in [0.1, 0.15) is 15.9 Å². The van der Waals surface area contributed by atoms with E-state index in [1.807, 2.05) is 6.07 Å². The van der Waals surface area contributed by atoms with Crippen LogP contribution in [0.2, 0.25) is 5.02 Å². The van der Waals surface area contributed by atoms with E-state index in [-0.39, 0.29) is 16.9 Å². The molecule has 0 N–H and O–H groups in total. The summed E-state index contributed by atoms with van der Waals surface area (Å²) in [4.78, 5) is 11.8. The monoisotopic (exact) mass is 307 g/mol. The maximum Gasteiger partial charge on any atom is 0.200 e. The molecule has 0 atom stereocenters. The second kappa shape index (κ2) is 6.33. The molecule has 0 bridgehead atoms. The Kier molecular flexibility index (Phi) is 4.51. The average Bonchev–Trinajstić information content (AvgIpc) is 2.47. The van der Waals surface area contributed by atoms with Crippen molar-refractivity contribution in [2.24, 2.45) is 0 Å². The molecule has 0 spiro atoms. The molecule has 21 heavy (non-hydrogen) atoms. The zero-order valence-corrected chi connectivity index (χ0v) is 11.3. The third kappa shape index (κ3) is 3.56. The highest BCUT2D eigenvalue weighted by molar-refractivity contribution is 6.30. The number of hydrogen-bond donors (Lipinski definition) is 0. The molecular weight excluding hydrogens is 300 g/mol. The lowest BCUT2D eigenvalue weighted by molar-refractivity contribution is 0.0921. The summed E-state index contributed by atoms with van der Waals surface area (Å²) < 4.78 is 31.1. The standard InChI is InChI=1S/C15H8ClF2NO2/c16-11-3-1-10(7-19)15(6-11)21-8-14(20)9-2-4-12(17)13(18)5-9/h1-6H,8H2. The molecule has 0 saturated heterocycles. The van der Waals surface area contributed by atoms with Crippen molar-refractivity contribution in [2.45, 2.75) is 0 Å². The van der Waals surface area contributed by atoms with Gasteiger partial charge in [0, 0.05) is 16.7 Å². The molecule has 0 aliphatic rings. The van der Waals surface area contributed by atoms with Gasteiger partial charge in [-0.3, -0.25) is 4.79 Å². The Hall–Kier alpha value is -2.45. The number of ether oxygens (including phenoxy) is 1. The van der Waals surface area contributed by atoms with Crippen molar-refractivity contribution < 1.29 is 18.3 Å². The highest BCUT2D eigenvalue weighted by Crippen LogP contribution is 2.23. The molecule has 2 rings (SSSR count). The number of nitrogens with zero attached hydrogens (tertiary/aromatic N) is 1. The zero-order valence-electron chi connectivity index (χ0n) is 10.6. The predicted octanol–water partition coefficient (Wildman–Crippen LogP) is 3.75. The molecule has 6 heteroatoms. The molecule has 0 saturated carbocycles. The summed E-state index contributed by atoms with van der Waals surface area (Å²) in [6, 6.07) is 9.10. The first-order valence-corrected chi connectivity index (χ1v) is 6.20. The Labute approximate surface area is 124 Å². The van der Waals surface area contributed by atoms with Crippen LogP contribution in [0.15, 0.2) is 36.4 Å². The minimum absolute atomic E-state index is 0.0190. The van der Waals surface area contributed by atoms with Crippen LogP contribution in [-0.4, -0.2) is 12.4 Å². The number of carbonyl (C=O) groups excluding carboxylic acids is 1. The molecule has 0 unspecified atom stereocenters. The van der Waals surface area contributed by atoms with Gasteiger partial charge in [0.05, 0.1) is 5.56 Å². The summed E-state index contributed by atoms with van der Waals surface area (Å²) in [5.74, 6) is -2.53. The van der Waals surface area contributed by atoms with Gasteiger partial charge in [0.25, 0.3) is 0 Å². The van der Waals surface area contributed by atoms with Crippen molar-refractivity contribution in [3.05, 3.63) is 64.2 Å². The van der Waals surface area contributed by atoms with E-state index in [1.54, 1.807) is 0 Å². The van der Waals surface area contributed by atoms with Gasteiger partial charge in [-0.15, -0.1) is 0 Å². The topological polar surface area (TPSA) is 50.1 Å². The quantitative estimate of drug-likeness (QED) is 0.808. The lowest BCUT2D eigenvalue weighted by Crippen LogP contribution is -2.12. The fourth-order valence-electron chi connectivity index (χ4n) is 1.60. The smallest absolute Gasteiger partial charge is 0.200 e. The molecule has 106 valence electrons. The maximum absolute atomic E-state index is 13.0. The van der Waals surface area contributed by atoms with Crippen molar-refractivity contribution in [1.29, 1.82) is 5.26 Å². The third-order valence-electron chi connectivity index (χ3n) is 2.66. The SMILES string of the molecule is N#Cc1ccc(Cl)cc1OCC(=O)c1ccc(F)c(F)c1. The first-order chi connectivity index (χ1) is 10.0. The van der Waals surface area contributed by atoms with Crippen molar-refractivity contribution >= 4 is 17.4 Å². The van der Waals surface area contributed by atoms with Crippen LogP contribution in [-0.2, 0) is 0 Å². The van der Waals surface area contributed by atoms with E-state index in [1.165, 1.54) is 18.2 Å². The Morgan fingerprint density at radius 1 is 1.19 bits per heavy atom. The van der Waals surface area contributed by atoms with E-state index in [0.29, 0.717) is 5.02 Å². The van der Waals surface area contributed by atoms with Gasteiger partial charge in [-0.05, 0) is 30.3 Å². The number of ketones is 1. The lowest BCUT2D eigenvalue weighted by atomic mass is 10.1.